The first-order chi connectivity index (χ1) is 10.0. The van der Waals surface area contributed by atoms with Crippen LogP contribution < -0.4 is 10.5 Å². The highest BCUT2D eigenvalue weighted by molar-refractivity contribution is 9.10. The number of fused-ring (bicyclic) bond motifs is 2. The molecule has 1 aromatic rings. The lowest BCUT2D eigenvalue weighted by molar-refractivity contribution is 0.293. The largest absolute Gasteiger partial charge is 0.496 e. The monoisotopic (exact) mass is 351 g/mol. The fraction of sp³-hybridized carbons (Fsp3) is 0.667. The van der Waals surface area contributed by atoms with Crippen LogP contribution in [0.3, 0.4) is 0 Å². The molecule has 0 amide bonds. The van der Waals surface area contributed by atoms with Gasteiger partial charge in [0.1, 0.15) is 5.75 Å². The maximum absolute atomic E-state index is 6.62. The summed E-state index contributed by atoms with van der Waals surface area (Å²) in [6.07, 6.45) is 6.83. The van der Waals surface area contributed by atoms with Crippen molar-refractivity contribution in [2.24, 2.45) is 23.5 Å². The Balaban J connectivity index is 1.85. The first kappa shape index (κ1) is 15.4. The van der Waals surface area contributed by atoms with Crippen molar-refractivity contribution in [3.63, 3.8) is 0 Å². The molecule has 21 heavy (non-hydrogen) atoms. The third-order valence-corrected chi connectivity index (χ3v) is 6.55. The number of hydrogen-bond donors (Lipinski definition) is 1. The van der Waals surface area contributed by atoms with Crippen LogP contribution in [0.1, 0.15) is 54.8 Å². The molecule has 0 radical (unpaired) electrons. The van der Waals surface area contributed by atoms with Crippen molar-refractivity contribution < 1.29 is 4.74 Å². The minimum Gasteiger partial charge on any atom is -0.496 e. The van der Waals surface area contributed by atoms with Crippen molar-refractivity contribution in [2.75, 3.05) is 7.11 Å². The first-order valence-electron chi connectivity index (χ1n) is 8.10. The minimum absolute atomic E-state index is 0.0838. The van der Waals surface area contributed by atoms with Gasteiger partial charge in [-0.1, -0.05) is 22.4 Å². The third kappa shape index (κ3) is 2.75. The van der Waals surface area contributed by atoms with Crippen molar-refractivity contribution in [1.29, 1.82) is 0 Å². The number of methoxy groups -OCH3 is 1. The van der Waals surface area contributed by atoms with Crippen LogP contribution in [0.15, 0.2) is 10.5 Å². The van der Waals surface area contributed by atoms with Crippen LogP contribution in [0, 0.1) is 31.6 Å². The van der Waals surface area contributed by atoms with Crippen LogP contribution >= 0.6 is 15.9 Å². The summed E-state index contributed by atoms with van der Waals surface area (Å²) in [4.78, 5) is 0. The Morgan fingerprint density at radius 1 is 1.33 bits per heavy atom. The zero-order valence-electron chi connectivity index (χ0n) is 13.3. The summed E-state index contributed by atoms with van der Waals surface area (Å²) in [5.41, 5.74) is 10.2. The summed E-state index contributed by atoms with van der Waals surface area (Å²) in [5.74, 6) is 3.72. The highest BCUT2D eigenvalue weighted by atomic mass is 79.9. The number of rotatable bonds is 4. The lowest BCUT2D eigenvalue weighted by Gasteiger charge is -2.27. The van der Waals surface area contributed by atoms with E-state index in [0.717, 1.165) is 40.0 Å². The molecule has 2 nitrogen and oxygen atoms in total. The highest BCUT2D eigenvalue weighted by Gasteiger charge is 2.40. The van der Waals surface area contributed by atoms with Gasteiger partial charge in [-0.15, -0.1) is 0 Å². The summed E-state index contributed by atoms with van der Waals surface area (Å²) in [7, 11) is 1.75. The molecule has 1 aromatic carbocycles. The molecular formula is C18H26BrNO. The summed E-state index contributed by atoms with van der Waals surface area (Å²) in [6.45, 7) is 4.23. The van der Waals surface area contributed by atoms with Gasteiger partial charge in [-0.05, 0) is 74.5 Å². The molecule has 2 fully saturated rings. The number of ether oxygens (including phenoxy) is 1. The van der Waals surface area contributed by atoms with E-state index in [9.17, 15) is 0 Å². The van der Waals surface area contributed by atoms with Gasteiger partial charge in [-0.25, -0.2) is 0 Å². The SMILES string of the molecule is COc1c(C)cc(Br)c(C)c1C(N)CC1CC2CCC1C2. The zero-order chi connectivity index (χ0) is 15.1. The lowest BCUT2D eigenvalue weighted by atomic mass is 9.82. The number of hydrogen-bond acceptors (Lipinski definition) is 2. The molecular weight excluding hydrogens is 326 g/mol. The summed E-state index contributed by atoms with van der Waals surface area (Å²) in [6, 6.07) is 2.21. The van der Waals surface area contributed by atoms with Gasteiger partial charge < -0.3 is 10.5 Å². The molecule has 4 unspecified atom stereocenters. The molecule has 3 rings (SSSR count). The molecule has 2 bridgehead atoms. The molecule has 3 heteroatoms. The van der Waals surface area contributed by atoms with E-state index < -0.39 is 0 Å². The van der Waals surface area contributed by atoms with Crippen LogP contribution in [-0.2, 0) is 0 Å². The second-order valence-corrected chi connectivity index (χ2v) is 7.88. The average molecular weight is 352 g/mol. The fourth-order valence-corrected chi connectivity index (χ4v) is 5.26. The predicted octanol–water partition coefficient (Wildman–Crippen LogP) is 4.90. The smallest absolute Gasteiger partial charge is 0.126 e. The molecule has 2 N–H and O–H groups in total. The quantitative estimate of drug-likeness (QED) is 0.836. The standard InChI is InChI=1S/C18H26BrNO/c1-10-6-15(19)11(2)17(18(10)21-3)16(20)9-14-8-12-4-5-13(14)7-12/h6,12-14,16H,4-5,7-9,20H2,1-3H3. The van der Waals surface area contributed by atoms with Crippen LogP contribution in [-0.4, -0.2) is 7.11 Å². The normalized spacial score (nSPS) is 28.9. The topological polar surface area (TPSA) is 35.2 Å². The summed E-state index contributed by atoms with van der Waals surface area (Å²) in [5, 5.41) is 0. The molecule has 4 atom stereocenters. The molecule has 0 spiro atoms. The second kappa shape index (κ2) is 5.92. The Bertz CT molecular complexity index is 543. The number of halogens is 1. The van der Waals surface area contributed by atoms with Crippen molar-refractivity contribution in [3.8, 4) is 5.75 Å². The van der Waals surface area contributed by atoms with Gasteiger partial charge in [0, 0.05) is 16.1 Å². The van der Waals surface area contributed by atoms with E-state index in [1.165, 1.54) is 36.8 Å². The molecule has 0 heterocycles. The average Bonchev–Trinajstić information content (AvgIpc) is 3.04. The number of nitrogens with two attached hydrogens (primary N) is 1. The van der Waals surface area contributed by atoms with E-state index in [4.69, 9.17) is 10.5 Å². The van der Waals surface area contributed by atoms with Gasteiger partial charge in [0.15, 0.2) is 0 Å². The maximum Gasteiger partial charge on any atom is 0.126 e. The highest BCUT2D eigenvalue weighted by Crippen LogP contribution is 2.51. The minimum atomic E-state index is 0.0838. The zero-order valence-corrected chi connectivity index (χ0v) is 14.9. The number of aryl methyl sites for hydroxylation is 1. The molecule has 116 valence electrons. The molecule has 2 saturated carbocycles. The molecule has 0 aromatic heterocycles. The Kier molecular flexibility index (Phi) is 4.33. The van der Waals surface area contributed by atoms with E-state index in [-0.39, 0.29) is 6.04 Å². The van der Waals surface area contributed by atoms with Gasteiger partial charge in [0.2, 0.25) is 0 Å². The molecule has 0 aliphatic heterocycles. The van der Waals surface area contributed by atoms with Crippen molar-refractivity contribution in [1.82, 2.24) is 0 Å². The van der Waals surface area contributed by atoms with E-state index in [2.05, 4.69) is 35.8 Å². The van der Waals surface area contributed by atoms with E-state index >= 15 is 0 Å². The summed E-state index contributed by atoms with van der Waals surface area (Å²) < 4.78 is 6.80. The predicted molar refractivity (Wildman–Crippen MR) is 90.7 cm³/mol. The van der Waals surface area contributed by atoms with Crippen LogP contribution in [0.25, 0.3) is 0 Å². The van der Waals surface area contributed by atoms with Crippen LogP contribution in [0.4, 0.5) is 0 Å². The molecule has 0 saturated heterocycles. The Hall–Kier alpha value is -0.540. The lowest BCUT2D eigenvalue weighted by Crippen LogP contribution is -2.21. The molecule has 2 aliphatic carbocycles. The Labute approximate surface area is 136 Å². The second-order valence-electron chi connectivity index (χ2n) is 7.02. The third-order valence-electron chi connectivity index (χ3n) is 5.72. The number of benzene rings is 1. The van der Waals surface area contributed by atoms with Gasteiger partial charge >= 0.3 is 0 Å². The van der Waals surface area contributed by atoms with E-state index in [0.29, 0.717) is 0 Å². The van der Waals surface area contributed by atoms with Crippen molar-refractivity contribution >= 4 is 15.9 Å². The van der Waals surface area contributed by atoms with Gasteiger partial charge in [-0.3, -0.25) is 0 Å². The Morgan fingerprint density at radius 3 is 2.67 bits per heavy atom. The van der Waals surface area contributed by atoms with Gasteiger partial charge in [-0.2, -0.15) is 0 Å². The van der Waals surface area contributed by atoms with E-state index in [1.807, 2.05) is 0 Å². The van der Waals surface area contributed by atoms with Gasteiger partial charge in [0.25, 0.3) is 0 Å². The fourth-order valence-electron chi connectivity index (χ4n) is 4.70. The van der Waals surface area contributed by atoms with Crippen LogP contribution in [0.5, 0.6) is 5.75 Å². The maximum atomic E-state index is 6.62. The summed E-state index contributed by atoms with van der Waals surface area (Å²) >= 11 is 3.66. The van der Waals surface area contributed by atoms with Crippen molar-refractivity contribution in [3.05, 3.63) is 27.2 Å². The Morgan fingerprint density at radius 2 is 2.10 bits per heavy atom. The molecule has 2 aliphatic rings. The van der Waals surface area contributed by atoms with Gasteiger partial charge in [0.05, 0.1) is 7.11 Å². The van der Waals surface area contributed by atoms with Crippen molar-refractivity contribution in [2.45, 2.75) is 52.0 Å². The van der Waals surface area contributed by atoms with E-state index in [1.54, 1.807) is 7.11 Å². The van der Waals surface area contributed by atoms with Crippen LogP contribution in [0.2, 0.25) is 0 Å². The first-order valence-corrected chi connectivity index (χ1v) is 8.89.